The lowest BCUT2D eigenvalue weighted by Crippen LogP contribution is -2.46. The SMILES string of the molecule is CC(=O)OCC(OC(C)=O)C1OC(OC(C)=O)C(OC(C)=O)C1OC(C)=O. The largest absolute Gasteiger partial charge is 0.462 e. The fraction of sp³-hybridized carbons (Fsp3) is 0.688. The van der Waals surface area contributed by atoms with Crippen LogP contribution in [0.25, 0.3) is 0 Å². The maximum absolute atomic E-state index is 11.5. The van der Waals surface area contributed by atoms with E-state index in [1.165, 1.54) is 0 Å². The Labute approximate surface area is 155 Å². The van der Waals surface area contributed by atoms with Crippen molar-refractivity contribution >= 4 is 29.8 Å². The zero-order chi connectivity index (χ0) is 20.7. The van der Waals surface area contributed by atoms with Gasteiger partial charge in [0, 0.05) is 34.6 Å². The van der Waals surface area contributed by atoms with Crippen LogP contribution in [0.2, 0.25) is 0 Å². The van der Waals surface area contributed by atoms with E-state index in [-0.39, 0.29) is 0 Å². The summed E-state index contributed by atoms with van der Waals surface area (Å²) in [4.78, 5) is 56.7. The van der Waals surface area contributed by atoms with Crippen molar-refractivity contribution in [2.24, 2.45) is 0 Å². The van der Waals surface area contributed by atoms with Crippen molar-refractivity contribution in [2.75, 3.05) is 6.61 Å². The molecule has 1 aliphatic rings. The zero-order valence-electron chi connectivity index (χ0n) is 15.6. The fourth-order valence-electron chi connectivity index (χ4n) is 2.46. The summed E-state index contributed by atoms with van der Waals surface area (Å²) in [7, 11) is 0. The van der Waals surface area contributed by atoms with E-state index in [1.807, 2.05) is 0 Å². The van der Waals surface area contributed by atoms with Crippen molar-refractivity contribution in [1.29, 1.82) is 0 Å². The predicted molar refractivity (Wildman–Crippen MR) is 83.7 cm³/mol. The molecule has 1 aliphatic heterocycles. The second kappa shape index (κ2) is 9.86. The number of rotatable bonds is 7. The number of carbonyl (C=O) groups is 5. The molecule has 5 atom stereocenters. The van der Waals surface area contributed by atoms with E-state index >= 15 is 0 Å². The van der Waals surface area contributed by atoms with E-state index in [2.05, 4.69) is 0 Å². The molecule has 0 aliphatic carbocycles. The van der Waals surface area contributed by atoms with Gasteiger partial charge < -0.3 is 28.4 Å². The Morgan fingerprint density at radius 1 is 0.741 bits per heavy atom. The maximum atomic E-state index is 11.5. The first-order valence-electron chi connectivity index (χ1n) is 7.99. The highest BCUT2D eigenvalue weighted by Gasteiger charge is 2.55. The average molecular weight is 390 g/mol. The maximum Gasteiger partial charge on any atom is 0.305 e. The fourth-order valence-corrected chi connectivity index (χ4v) is 2.46. The monoisotopic (exact) mass is 390 g/mol. The van der Waals surface area contributed by atoms with Gasteiger partial charge in [-0.05, 0) is 0 Å². The summed E-state index contributed by atoms with van der Waals surface area (Å²) in [5.74, 6) is -3.62. The Balaban J connectivity index is 3.20. The van der Waals surface area contributed by atoms with Gasteiger partial charge in [-0.15, -0.1) is 0 Å². The van der Waals surface area contributed by atoms with Crippen LogP contribution in [-0.4, -0.2) is 67.2 Å². The van der Waals surface area contributed by atoms with Gasteiger partial charge >= 0.3 is 29.8 Å². The van der Waals surface area contributed by atoms with Crippen LogP contribution in [0.3, 0.4) is 0 Å². The van der Waals surface area contributed by atoms with Crippen molar-refractivity contribution in [3.8, 4) is 0 Å². The molecule has 11 heteroatoms. The number of carbonyl (C=O) groups excluding carboxylic acids is 5. The molecule has 1 fully saturated rings. The summed E-state index contributed by atoms with van der Waals surface area (Å²) in [6.45, 7) is 5.15. The van der Waals surface area contributed by atoms with Crippen LogP contribution in [0.1, 0.15) is 34.6 Å². The van der Waals surface area contributed by atoms with Crippen molar-refractivity contribution in [2.45, 2.75) is 65.3 Å². The van der Waals surface area contributed by atoms with Gasteiger partial charge in [-0.25, -0.2) is 0 Å². The highest BCUT2D eigenvalue weighted by atomic mass is 16.8. The molecule has 1 saturated heterocycles. The molecule has 152 valence electrons. The average Bonchev–Trinajstić information content (AvgIpc) is 2.79. The minimum absolute atomic E-state index is 0.420. The summed E-state index contributed by atoms with van der Waals surface area (Å²) in [5, 5.41) is 0. The molecule has 1 rings (SSSR count). The van der Waals surface area contributed by atoms with Crippen molar-refractivity contribution in [1.82, 2.24) is 0 Å². The highest BCUT2D eigenvalue weighted by molar-refractivity contribution is 5.69. The molecule has 5 unspecified atom stereocenters. The minimum Gasteiger partial charge on any atom is -0.462 e. The molecule has 0 aromatic rings. The molecular weight excluding hydrogens is 368 g/mol. The molecule has 11 nitrogen and oxygen atoms in total. The Bertz CT molecular complexity index is 599. The van der Waals surface area contributed by atoms with Gasteiger partial charge in [-0.1, -0.05) is 0 Å². The molecule has 0 aromatic heterocycles. The lowest BCUT2D eigenvalue weighted by Gasteiger charge is -2.27. The third kappa shape index (κ3) is 7.21. The number of hydrogen-bond donors (Lipinski definition) is 0. The Hall–Kier alpha value is -2.69. The molecule has 0 bridgehead atoms. The normalized spacial score (nSPS) is 25.1. The van der Waals surface area contributed by atoms with Crippen molar-refractivity contribution < 1.29 is 52.4 Å². The van der Waals surface area contributed by atoms with Crippen LogP contribution < -0.4 is 0 Å². The summed E-state index contributed by atoms with van der Waals surface area (Å²) in [6, 6.07) is 0. The minimum atomic E-state index is -1.42. The van der Waals surface area contributed by atoms with Crippen LogP contribution in [0.15, 0.2) is 0 Å². The number of hydrogen-bond acceptors (Lipinski definition) is 11. The van der Waals surface area contributed by atoms with Crippen LogP contribution >= 0.6 is 0 Å². The van der Waals surface area contributed by atoms with Crippen LogP contribution in [0.4, 0.5) is 0 Å². The number of ether oxygens (including phenoxy) is 6. The van der Waals surface area contributed by atoms with Crippen molar-refractivity contribution in [3.05, 3.63) is 0 Å². The quantitative estimate of drug-likeness (QED) is 0.415. The second-order valence-electron chi connectivity index (χ2n) is 5.68. The van der Waals surface area contributed by atoms with Crippen LogP contribution in [0, 0.1) is 0 Å². The van der Waals surface area contributed by atoms with E-state index in [0.29, 0.717) is 0 Å². The van der Waals surface area contributed by atoms with Gasteiger partial charge in [0.05, 0.1) is 0 Å². The standard InChI is InChI=1S/C16H22O11/c1-7(17)22-6-12(23-8(2)18)13-14(24-9(3)19)15(25-10(4)20)16(27-13)26-11(5)21/h12-16H,6H2,1-5H3. The predicted octanol–water partition coefficient (Wildman–Crippen LogP) is -0.367. The van der Waals surface area contributed by atoms with Crippen LogP contribution in [0.5, 0.6) is 0 Å². The molecule has 0 aromatic carbocycles. The Kier molecular flexibility index (Phi) is 8.16. The van der Waals surface area contributed by atoms with E-state index in [0.717, 1.165) is 34.6 Å². The van der Waals surface area contributed by atoms with Gasteiger partial charge in [0.2, 0.25) is 12.4 Å². The smallest absolute Gasteiger partial charge is 0.305 e. The summed E-state index contributed by atoms with van der Waals surface area (Å²) in [5.41, 5.74) is 0. The molecule has 1 heterocycles. The number of esters is 5. The summed E-state index contributed by atoms with van der Waals surface area (Å²) >= 11 is 0. The first kappa shape index (κ1) is 22.4. The molecule has 0 amide bonds. The van der Waals surface area contributed by atoms with E-state index in [1.54, 1.807) is 0 Å². The van der Waals surface area contributed by atoms with E-state index in [4.69, 9.17) is 28.4 Å². The third-order valence-corrected chi connectivity index (χ3v) is 3.23. The highest BCUT2D eigenvalue weighted by Crippen LogP contribution is 2.31. The summed E-state index contributed by atoms with van der Waals surface area (Å²) < 4.78 is 30.7. The Morgan fingerprint density at radius 3 is 1.70 bits per heavy atom. The van der Waals surface area contributed by atoms with Crippen molar-refractivity contribution in [3.63, 3.8) is 0 Å². The van der Waals surface area contributed by atoms with Gasteiger partial charge in [0.25, 0.3) is 0 Å². The zero-order valence-corrected chi connectivity index (χ0v) is 15.6. The second-order valence-corrected chi connectivity index (χ2v) is 5.68. The third-order valence-electron chi connectivity index (χ3n) is 3.23. The van der Waals surface area contributed by atoms with Crippen LogP contribution in [-0.2, 0) is 52.4 Å². The Morgan fingerprint density at radius 2 is 1.26 bits per heavy atom. The molecule has 0 radical (unpaired) electrons. The lowest BCUT2D eigenvalue weighted by atomic mass is 10.1. The molecule has 0 saturated carbocycles. The topological polar surface area (TPSA) is 141 Å². The van der Waals surface area contributed by atoms with E-state index in [9.17, 15) is 24.0 Å². The first-order valence-corrected chi connectivity index (χ1v) is 7.99. The van der Waals surface area contributed by atoms with Gasteiger partial charge in [-0.3, -0.25) is 24.0 Å². The molecule has 27 heavy (non-hydrogen) atoms. The lowest BCUT2D eigenvalue weighted by molar-refractivity contribution is -0.203. The molecule has 0 spiro atoms. The molecular formula is C16H22O11. The summed E-state index contributed by atoms with van der Waals surface area (Å²) in [6.07, 6.45) is -6.46. The van der Waals surface area contributed by atoms with E-state index < -0.39 is 67.2 Å². The molecule has 0 N–H and O–H groups in total. The first-order chi connectivity index (χ1) is 12.5. The van der Waals surface area contributed by atoms with Gasteiger partial charge in [-0.2, -0.15) is 0 Å². The van der Waals surface area contributed by atoms with Gasteiger partial charge in [0.15, 0.2) is 12.2 Å². The van der Waals surface area contributed by atoms with Gasteiger partial charge in [0.1, 0.15) is 12.7 Å².